The predicted molar refractivity (Wildman–Crippen MR) is 526 cm³/mol. The number of nitrogens with zero attached hydrogens (tertiary/aromatic N) is 12. The van der Waals surface area contributed by atoms with E-state index in [4.69, 9.17) is 26.7 Å². The van der Waals surface area contributed by atoms with Gasteiger partial charge in [-0.3, -0.25) is 15.0 Å². The summed E-state index contributed by atoms with van der Waals surface area (Å²) in [5.41, 5.74) is 35.0. The van der Waals surface area contributed by atoms with Gasteiger partial charge in [-0.25, -0.2) is 28.6 Å². The van der Waals surface area contributed by atoms with Gasteiger partial charge < -0.3 is 27.4 Å². The van der Waals surface area contributed by atoms with E-state index in [1.165, 1.54) is 0 Å². The first-order chi connectivity index (χ1) is 57.5. The molecule has 0 spiro atoms. The van der Waals surface area contributed by atoms with E-state index < -0.39 is 32.4 Å². The summed E-state index contributed by atoms with van der Waals surface area (Å²) in [4.78, 5) is 4.66. The SMILES string of the molecule is C.C/C(=C/NC(C)C)c1ccc(S(=O)c2ccc(/C(C)=N\NC(C)C)cc2)cc1.C/C(=N/N(C(C)C)C(C)C)c1ccc(S(=O)c2ccc(/C(C)=N\N(C(C)C)C(C)C)cc2)cc1.C/C(=N/N)c1ccc(S(=O)c2ccc(/C(C)=N\N(C(C)C)C(C)C)cc2)cc1.CC(C)N(Nc1ccc(N=N)cc1)C(C)C.CC(C)N=Nc1ccc(NNC(C)C)cc1. The van der Waals surface area contributed by atoms with Crippen LogP contribution in [0.1, 0.15) is 249 Å². The van der Waals surface area contributed by atoms with Crippen molar-refractivity contribution in [2.75, 3.05) is 10.9 Å². The Balaban J connectivity index is 0.000000407. The summed E-state index contributed by atoms with van der Waals surface area (Å²) in [6, 6.07) is 66.2. The molecule has 22 nitrogen and oxygen atoms in total. The fourth-order valence-corrected chi connectivity index (χ4v) is 15.0. The molecule has 0 amide bonds. The molecule has 2 unspecified atom stereocenters. The zero-order valence-electron chi connectivity index (χ0n) is 78.4. The maximum absolute atomic E-state index is 13.2. The van der Waals surface area contributed by atoms with Crippen LogP contribution in [0.15, 0.2) is 271 Å². The van der Waals surface area contributed by atoms with Crippen molar-refractivity contribution in [3.63, 3.8) is 0 Å². The number of hydrogen-bond acceptors (Lipinski definition) is 22. The van der Waals surface area contributed by atoms with Crippen molar-refractivity contribution in [1.82, 2.24) is 36.2 Å². The number of hydrazone groups is 5. The third kappa shape index (κ3) is 37.4. The molecular weight excluding hydrogens is 1590 g/mol. The number of allylic oxidation sites excluding steroid dienone is 1. The third-order valence-corrected chi connectivity index (χ3v) is 22.6. The van der Waals surface area contributed by atoms with Gasteiger partial charge in [0, 0.05) is 113 Å². The Kier molecular flexibility index (Phi) is 47.4. The van der Waals surface area contributed by atoms with Gasteiger partial charge in [-0.05, 0) is 368 Å². The molecule has 8 rings (SSSR count). The number of anilines is 2. The molecule has 2 atom stereocenters. The van der Waals surface area contributed by atoms with E-state index >= 15 is 0 Å². The fourth-order valence-electron chi connectivity index (χ4n) is 11.9. The van der Waals surface area contributed by atoms with Crippen LogP contribution >= 0.6 is 0 Å². The lowest BCUT2D eigenvalue weighted by atomic mass is 10.1. The largest absolute Gasteiger partial charge is 0.388 e. The molecule has 25 heteroatoms. The molecule has 123 heavy (non-hydrogen) atoms. The number of rotatable bonds is 35. The van der Waals surface area contributed by atoms with E-state index in [0.29, 0.717) is 72.1 Å². The molecular formula is C98H147N19O3S3. The quantitative estimate of drug-likeness (QED) is 0.00844. The highest BCUT2D eigenvalue weighted by Gasteiger charge is 2.19. The van der Waals surface area contributed by atoms with Gasteiger partial charge in [0.15, 0.2) is 0 Å². The molecule has 670 valence electrons. The molecule has 0 aliphatic carbocycles. The second-order valence-electron chi connectivity index (χ2n) is 33.2. The van der Waals surface area contributed by atoms with Crippen molar-refractivity contribution in [2.45, 2.75) is 317 Å². The Morgan fingerprint density at radius 2 is 0.650 bits per heavy atom. The predicted octanol–water partition coefficient (Wildman–Crippen LogP) is 23.8. The minimum Gasteiger partial charge on any atom is -0.388 e. The normalized spacial score (nSPS) is 13.1. The van der Waals surface area contributed by atoms with Crippen LogP contribution in [-0.4, -0.2) is 134 Å². The van der Waals surface area contributed by atoms with E-state index in [-0.39, 0.29) is 13.5 Å². The summed E-state index contributed by atoms with van der Waals surface area (Å²) in [7, 11) is -3.68. The van der Waals surface area contributed by atoms with Crippen LogP contribution in [0.25, 0.3) is 5.57 Å². The zero-order valence-corrected chi connectivity index (χ0v) is 80.8. The summed E-state index contributed by atoms with van der Waals surface area (Å²) < 4.78 is 38.9. The number of hydrazine groups is 2. The van der Waals surface area contributed by atoms with Gasteiger partial charge in [0.1, 0.15) is 0 Å². The Labute approximate surface area is 747 Å². The summed E-state index contributed by atoms with van der Waals surface area (Å²) in [5.74, 6) is 5.31. The summed E-state index contributed by atoms with van der Waals surface area (Å²) in [6.45, 7) is 62.7. The summed E-state index contributed by atoms with van der Waals surface area (Å²) in [6.07, 6.45) is 2.02. The van der Waals surface area contributed by atoms with Crippen LogP contribution in [0.2, 0.25) is 0 Å². The van der Waals surface area contributed by atoms with Gasteiger partial charge in [-0.1, -0.05) is 80.2 Å². The van der Waals surface area contributed by atoms with Gasteiger partial charge in [-0.2, -0.15) is 40.8 Å². The summed E-state index contributed by atoms with van der Waals surface area (Å²) in [5, 5.41) is 45.8. The lowest BCUT2D eigenvalue weighted by molar-refractivity contribution is 0.183. The summed E-state index contributed by atoms with van der Waals surface area (Å²) >= 11 is 0. The van der Waals surface area contributed by atoms with Gasteiger partial charge >= 0.3 is 0 Å². The molecule has 0 radical (unpaired) electrons. The number of nitrogens with two attached hydrogens (primary N) is 1. The van der Waals surface area contributed by atoms with Gasteiger partial charge in [0.25, 0.3) is 0 Å². The minimum absolute atomic E-state index is 0. The monoisotopic (exact) mass is 1730 g/mol. The standard InChI is InChI=1S/C28H42N4OS.C23H31N3OS.C22H30N4OS.2C12H20N4.CH4/c1-19(2)31(20(3)4)29-23(9)25-11-15-27(16-12-25)34(33)28-17-13-26(14-18-28)24(10)30-32(21(5)6)22(7)8;1-16(2)24-15-18(5)20-7-11-22(12-8-20)28(27)23-13-9-21(10-14-23)19(6)26-25-17(3)4;1-15(2)26(16(3)4)25-18(6)20-9-13-22(14-10-20)28(27)21-11-7-19(8-12-21)17(5)24-23;1-9(2)16(10(3)4)15-12-7-5-11(14-13)6-8-12;1-9(2)13-15-11-5-7-12(8-6-11)16-14-10(3)4;/h11-22H,1-10H3;7-17,24-25H,1-6H3;7-16H,23H2,1-6H3;2*5-10,13,15H,1-4H3;1H4/b29-23-,30-24-;18-15-,26-19-;24-17-,25-18-;;;. The molecule has 0 fully saturated rings. The van der Waals surface area contributed by atoms with Crippen molar-refractivity contribution in [3.8, 4) is 0 Å². The third-order valence-electron chi connectivity index (χ3n) is 18.4. The average Bonchev–Trinajstić information content (AvgIpc) is 0.836. The van der Waals surface area contributed by atoms with Crippen LogP contribution in [0.3, 0.4) is 0 Å². The Bertz CT molecular complexity index is 4540. The molecule has 8 aromatic rings. The molecule has 0 saturated heterocycles. The Hall–Kier alpha value is -10.2. The van der Waals surface area contributed by atoms with Crippen LogP contribution in [-0.2, 0) is 32.4 Å². The maximum atomic E-state index is 13.2. The number of benzene rings is 8. The van der Waals surface area contributed by atoms with E-state index in [1.54, 1.807) is 0 Å². The van der Waals surface area contributed by atoms with Crippen molar-refractivity contribution in [2.24, 2.45) is 46.7 Å². The maximum Gasteiger partial charge on any atom is 0.0854 e. The topological polar surface area (TPSA) is 273 Å². The van der Waals surface area contributed by atoms with Gasteiger partial charge in [-0.15, -0.1) is 0 Å². The van der Waals surface area contributed by atoms with Crippen molar-refractivity contribution in [1.29, 1.82) is 5.53 Å². The van der Waals surface area contributed by atoms with Crippen molar-refractivity contribution in [3.05, 3.63) is 234 Å². The first-order valence-corrected chi connectivity index (χ1v) is 45.9. The van der Waals surface area contributed by atoms with E-state index in [1.807, 2.05) is 263 Å². The smallest absolute Gasteiger partial charge is 0.0854 e. The molecule has 0 bridgehead atoms. The van der Waals surface area contributed by atoms with Crippen molar-refractivity contribution >= 4 is 89.3 Å². The van der Waals surface area contributed by atoms with E-state index in [2.05, 4.69) is 218 Å². The molecule has 0 aliphatic heterocycles. The first-order valence-electron chi connectivity index (χ1n) is 42.5. The number of hydrogen-bond donors (Lipinski definition) is 7. The highest BCUT2D eigenvalue weighted by atomic mass is 32.2. The lowest BCUT2D eigenvalue weighted by Crippen LogP contribution is -2.41. The van der Waals surface area contributed by atoms with Crippen molar-refractivity contribution < 1.29 is 12.6 Å². The lowest BCUT2D eigenvalue weighted by Gasteiger charge is -2.31. The minimum atomic E-state index is -1.24. The Morgan fingerprint density at radius 3 is 0.919 bits per heavy atom. The second kappa shape index (κ2) is 54.4. The zero-order chi connectivity index (χ0) is 91.2. The van der Waals surface area contributed by atoms with Gasteiger partial charge in [0.2, 0.25) is 0 Å². The van der Waals surface area contributed by atoms with Crippen LogP contribution < -0.4 is 32.9 Å². The van der Waals surface area contributed by atoms with Crippen LogP contribution in [0.5, 0.6) is 0 Å². The molecule has 0 heterocycles. The average molecular weight is 1740 g/mol. The van der Waals surface area contributed by atoms with Gasteiger partial charge in [0.05, 0.1) is 78.4 Å². The molecule has 0 aromatic heterocycles. The Morgan fingerprint density at radius 1 is 0.358 bits per heavy atom. The van der Waals surface area contributed by atoms with Crippen LogP contribution in [0.4, 0.5) is 22.7 Å². The van der Waals surface area contributed by atoms with Crippen LogP contribution in [0, 0.1) is 5.53 Å². The molecule has 8 N–H and O–H groups in total. The molecule has 0 aliphatic rings. The van der Waals surface area contributed by atoms with E-state index in [0.717, 1.165) is 114 Å². The number of nitrogens with one attached hydrogen (secondary N) is 6. The fraction of sp³-hybridized carbons (Fsp3) is 0.439. The highest BCUT2D eigenvalue weighted by molar-refractivity contribution is 7.85. The first kappa shape index (κ1) is 107. The molecule has 8 aromatic carbocycles. The van der Waals surface area contributed by atoms with E-state index in [9.17, 15) is 12.6 Å². The second-order valence-corrected chi connectivity index (χ2v) is 37.6. The molecule has 0 saturated carbocycles. The highest BCUT2D eigenvalue weighted by Crippen LogP contribution is 2.26. The number of azo groups is 1.